The largest absolute Gasteiger partial charge is 0.394 e. The number of carbonyl (C=O) groups excluding carboxylic acids is 2. The van der Waals surface area contributed by atoms with Crippen LogP contribution in [0.1, 0.15) is 17.3 Å². The molecule has 1 aromatic carbocycles. The van der Waals surface area contributed by atoms with Crippen LogP contribution in [-0.2, 0) is 19.0 Å². The van der Waals surface area contributed by atoms with Gasteiger partial charge in [-0.05, 0) is 0 Å². The van der Waals surface area contributed by atoms with E-state index >= 15 is 0 Å². The minimum Gasteiger partial charge on any atom is -0.394 e. The van der Waals surface area contributed by atoms with Crippen LogP contribution in [0.25, 0.3) is 0 Å². The number of benzene rings is 1. The third-order valence-corrected chi connectivity index (χ3v) is 6.15. The predicted molar refractivity (Wildman–Crippen MR) is 112 cm³/mol. The molecule has 0 bridgehead atoms. The molecule has 2 fully saturated rings. The number of hydrogen-bond acceptors (Lipinski definition) is 11. The molecule has 0 saturated carbocycles. The van der Waals surface area contributed by atoms with E-state index in [1.165, 1.54) is 0 Å². The monoisotopic (exact) mass is 576 g/mol. The van der Waals surface area contributed by atoms with Crippen molar-refractivity contribution in [3.63, 3.8) is 0 Å². The molecule has 1 aromatic rings. The topological polar surface area (TPSA) is 207 Å². The maximum Gasteiger partial charge on any atom is 0.257 e. The molecule has 2 aliphatic rings. The number of nitrogens with one attached hydrogen (secondary N) is 2. The molecule has 0 spiro atoms. The van der Waals surface area contributed by atoms with E-state index in [-0.39, 0.29) is 0 Å². The zero-order valence-electron chi connectivity index (χ0n) is 19.8. The molecular formula is C21H25F5N2O11. The van der Waals surface area contributed by atoms with E-state index < -0.39 is 121 Å². The number of aliphatic hydroxyl groups is 6. The van der Waals surface area contributed by atoms with E-state index in [0.717, 1.165) is 6.92 Å². The Labute approximate surface area is 215 Å². The molecule has 18 heteroatoms. The predicted octanol–water partition coefficient (Wildman–Crippen LogP) is -3.12. The fraction of sp³-hybridized carbons (Fsp3) is 0.619. The number of ether oxygens (including phenoxy) is 3. The van der Waals surface area contributed by atoms with Crippen LogP contribution < -0.4 is 10.6 Å². The molecule has 2 amide bonds. The molecule has 3 rings (SSSR count). The lowest BCUT2D eigenvalue weighted by atomic mass is 9.94. The summed E-state index contributed by atoms with van der Waals surface area (Å²) in [5, 5.41) is 64.9. The van der Waals surface area contributed by atoms with Gasteiger partial charge in [0.25, 0.3) is 5.91 Å². The molecule has 2 aliphatic heterocycles. The lowest BCUT2D eigenvalue weighted by molar-refractivity contribution is -0.334. The SMILES string of the molecule is CC(=O)N[C@@H]1[C@@H](O)[C@H](O[C@@H]2O[C@H](CO)[C@H](O)[C@H](NC(=O)c3c(F)c(F)c(F)c(F)c3F)[C@H]2O)[C@@H](CO)O[C@H]1O. The first-order valence-electron chi connectivity index (χ1n) is 11.2. The Morgan fingerprint density at radius 1 is 0.769 bits per heavy atom. The van der Waals surface area contributed by atoms with Gasteiger partial charge in [-0.2, -0.15) is 0 Å². The zero-order valence-corrected chi connectivity index (χ0v) is 19.8. The van der Waals surface area contributed by atoms with Crippen LogP contribution in [0.15, 0.2) is 0 Å². The van der Waals surface area contributed by atoms with E-state index in [0.29, 0.717) is 0 Å². The van der Waals surface area contributed by atoms with E-state index in [9.17, 15) is 62.2 Å². The van der Waals surface area contributed by atoms with Crippen molar-refractivity contribution in [1.29, 1.82) is 0 Å². The van der Waals surface area contributed by atoms with Gasteiger partial charge in [0.15, 0.2) is 35.8 Å². The minimum atomic E-state index is -2.53. The lowest BCUT2D eigenvalue weighted by Crippen LogP contribution is -2.68. The minimum absolute atomic E-state index is 0.712. The van der Waals surface area contributed by atoms with Gasteiger partial charge >= 0.3 is 0 Å². The second kappa shape index (κ2) is 12.3. The highest BCUT2D eigenvalue weighted by molar-refractivity contribution is 5.95. The van der Waals surface area contributed by atoms with Gasteiger partial charge in [0, 0.05) is 6.92 Å². The second-order valence-electron chi connectivity index (χ2n) is 8.72. The number of hydrogen-bond donors (Lipinski definition) is 8. The number of carbonyl (C=O) groups is 2. The summed E-state index contributed by atoms with van der Waals surface area (Å²) in [6, 6.07) is -3.55. The number of rotatable bonds is 7. The maximum atomic E-state index is 14.1. The van der Waals surface area contributed by atoms with E-state index in [2.05, 4.69) is 5.32 Å². The first kappa shape index (κ1) is 31.0. The van der Waals surface area contributed by atoms with Crippen molar-refractivity contribution in [2.45, 2.75) is 68.2 Å². The van der Waals surface area contributed by atoms with Crippen LogP contribution in [0.4, 0.5) is 22.0 Å². The van der Waals surface area contributed by atoms with Crippen LogP contribution in [0.5, 0.6) is 0 Å². The van der Waals surface area contributed by atoms with Crippen molar-refractivity contribution < 1.29 is 76.4 Å². The van der Waals surface area contributed by atoms with Crippen molar-refractivity contribution >= 4 is 11.8 Å². The standard InChI is InChI=1S/C21H25F5N2O11/c1-4(31)27-14-16(33)18(6(3-30)37-20(14)36)39-21-17(34)13(15(32)5(2-29)38-21)28-19(35)7-8(22)10(24)12(26)11(25)9(7)23/h5-6,13-18,20-21,29-30,32-34,36H,2-3H2,1H3,(H,27,31)(H,28,35)/t5-,6-,13+,14-,15+,16-,17-,18-,20-,21+/m1/s1. The lowest BCUT2D eigenvalue weighted by Gasteiger charge is -2.47. The van der Waals surface area contributed by atoms with Gasteiger partial charge in [0.1, 0.15) is 48.2 Å². The molecule has 0 aromatic heterocycles. The Balaban J connectivity index is 1.89. The van der Waals surface area contributed by atoms with Crippen molar-refractivity contribution in [3.05, 3.63) is 34.6 Å². The molecule has 39 heavy (non-hydrogen) atoms. The van der Waals surface area contributed by atoms with Crippen LogP contribution >= 0.6 is 0 Å². The normalized spacial score (nSPS) is 35.0. The Morgan fingerprint density at radius 2 is 1.31 bits per heavy atom. The number of halogens is 5. The van der Waals surface area contributed by atoms with Crippen LogP contribution in [0.2, 0.25) is 0 Å². The summed E-state index contributed by atoms with van der Waals surface area (Å²) in [5.74, 6) is -15.1. The van der Waals surface area contributed by atoms with Crippen molar-refractivity contribution in [2.75, 3.05) is 13.2 Å². The van der Waals surface area contributed by atoms with E-state index in [1.807, 2.05) is 0 Å². The first-order chi connectivity index (χ1) is 18.2. The zero-order chi connectivity index (χ0) is 29.3. The summed E-state index contributed by atoms with van der Waals surface area (Å²) < 4.78 is 84.5. The van der Waals surface area contributed by atoms with E-state index in [1.54, 1.807) is 5.32 Å². The Bertz CT molecular complexity index is 1060. The smallest absolute Gasteiger partial charge is 0.257 e. The highest BCUT2D eigenvalue weighted by Crippen LogP contribution is 2.30. The molecule has 8 N–H and O–H groups in total. The molecule has 0 radical (unpaired) electrons. The first-order valence-corrected chi connectivity index (χ1v) is 11.2. The second-order valence-corrected chi connectivity index (χ2v) is 8.72. The number of amides is 2. The highest BCUT2D eigenvalue weighted by atomic mass is 19.2. The van der Waals surface area contributed by atoms with Gasteiger partial charge < -0.3 is 55.5 Å². The van der Waals surface area contributed by atoms with Gasteiger partial charge in [-0.15, -0.1) is 0 Å². The summed E-state index contributed by atoms with van der Waals surface area (Å²) in [7, 11) is 0. The molecule has 0 unspecified atom stereocenters. The van der Waals surface area contributed by atoms with Crippen LogP contribution in [-0.4, -0.2) is 117 Å². The molecule has 220 valence electrons. The highest BCUT2D eigenvalue weighted by Gasteiger charge is 2.51. The average molecular weight is 576 g/mol. The van der Waals surface area contributed by atoms with Crippen LogP contribution in [0, 0.1) is 29.1 Å². The Hall–Kier alpha value is -2.55. The van der Waals surface area contributed by atoms with E-state index in [4.69, 9.17) is 14.2 Å². The fourth-order valence-corrected chi connectivity index (χ4v) is 4.19. The average Bonchev–Trinajstić information content (AvgIpc) is 2.89. The molecule has 2 saturated heterocycles. The van der Waals surface area contributed by atoms with Gasteiger partial charge in [-0.3, -0.25) is 9.59 Å². The Kier molecular flexibility index (Phi) is 9.78. The summed E-state index contributed by atoms with van der Waals surface area (Å²) in [6.07, 6.45) is -14.8. The van der Waals surface area contributed by atoms with Crippen LogP contribution in [0.3, 0.4) is 0 Å². The van der Waals surface area contributed by atoms with Gasteiger partial charge in [-0.25, -0.2) is 22.0 Å². The molecular weight excluding hydrogens is 551 g/mol. The molecule has 0 aliphatic carbocycles. The summed E-state index contributed by atoms with van der Waals surface area (Å²) in [4.78, 5) is 23.9. The summed E-state index contributed by atoms with van der Waals surface area (Å²) in [6.45, 7) is -0.851. The van der Waals surface area contributed by atoms with Gasteiger partial charge in [0.2, 0.25) is 11.7 Å². The van der Waals surface area contributed by atoms with Crippen molar-refractivity contribution in [1.82, 2.24) is 10.6 Å². The summed E-state index contributed by atoms with van der Waals surface area (Å²) in [5.41, 5.74) is -1.93. The summed E-state index contributed by atoms with van der Waals surface area (Å²) >= 11 is 0. The van der Waals surface area contributed by atoms with Crippen molar-refractivity contribution in [3.8, 4) is 0 Å². The Morgan fingerprint density at radius 3 is 1.82 bits per heavy atom. The third-order valence-electron chi connectivity index (χ3n) is 6.15. The van der Waals surface area contributed by atoms with Gasteiger partial charge in [-0.1, -0.05) is 0 Å². The number of aliphatic hydroxyl groups excluding tert-OH is 6. The fourth-order valence-electron chi connectivity index (χ4n) is 4.19. The quantitative estimate of drug-likeness (QED) is 0.0926. The maximum absolute atomic E-state index is 14.1. The molecule has 2 heterocycles. The van der Waals surface area contributed by atoms with Gasteiger partial charge in [0.05, 0.1) is 19.3 Å². The molecule has 13 nitrogen and oxygen atoms in total. The third kappa shape index (κ3) is 5.98. The van der Waals surface area contributed by atoms with Crippen molar-refractivity contribution in [2.24, 2.45) is 0 Å². The molecule has 10 atom stereocenters.